The van der Waals surface area contributed by atoms with Crippen LogP contribution in [0.2, 0.25) is 0 Å². The number of hydrogen-bond acceptors (Lipinski definition) is 7. The first-order valence-corrected chi connectivity index (χ1v) is 13.3. The molecule has 1 aromatic heterocycles. The summed E-state index contributed by atoms with van der Waals surface area (Å²) in [5, 5.41) is 0. The Morgan fingerprint density at radius 2 is 2.08 bits per heavy atom. The average Bonchev–Trinajstić information content (AvgIpc) is 2.88. The van der Waals surface area contributed by atoms with Gasteiger partial charge in [0, 0.05) is 0 Å². The maximum atomic E-state index is 15.2. The Labute approximate surface area is 227 Å². The normalized spacial score (nSPS) is 24.3. The zero-order valence-corrected chi connectivity index (χ0v) is 23.1. The van der Waals surface area contributed by atoms with Crippen molar-refractivity contribution >= 4 is 50.3 Å². The molecule has 0 N–H and O–H groups in total. The third-order valence-corrected chi connectivity index (χ3v) is 7.96. The van der Waals surface area contributed by atoms with Gasteiger partial charge in [-0.25, -0.2) is 0 Å². The summed E-state index contributed by atoms with van der Waals surface area (Å²) in [5.74, 6) is 1.34. The van der Waals surface area contributed by atoms with Gasteiger partial charge < -0.3 is 4.74 Å². The van der Waals surface area contributed by atoms with Crippen LogP contribution >= 0.6 is 11.8 Å². The number of morpholine rings is 1. The van der Waals surface area contributed by atoms with E-state index in [-0.39, 0.29) is 36.1 Å². The Morgan fingerprint density at radius 1 is 1.32 bits per heavy atom. The standard InChI is InChI=1S/C26H25AsF2N4O3S/c1-4-9-36-22-15-30-21(14-31-22)20(29)13-17-5-6-19(28)18(12-17)25(2)16-26(3,37-24(27)32-25)23(34)33-7-10-35-11-8-33/h1,5-6,12-15H,7-11,16H2,2-3H3/b20-13-/t25-,26-/m0/s1. The van der Waals surface area contributed by atoms with Crippen LogP contribution in [0.5, 0.6) is 5.88 Å². The molecule has 7 nitrogen and oxygen atoms in total. The van der Waals surface area contributed by atoms with Gasteiger partial charge >= 0.3 is 204 Å². The molecule has 2 aliphatic rings. The van der Waals surface area contributed by atoms with Gasteiger partial charge in [0.15, 0.2) is 6.61 Å². The number of amides is 1. The SMILES string of the molecule is C#CCOc1cnc(/C(F)=C/c2ccc(F)c([C@]3(C)C[C@@](C)(C(=O)N4CCOCC4)SC([As])=N3)c2)cn1. The molecule has 2 aromatic rings. The molecule has 192 valence electrons. The first kappa shape index (κ1) is 27.3. The van der Waals surface area contributed by atoms with E-state index in [0.29, 0.717) is 35.7 Å². The number of nitrogens with zero attached hydrogens (tertiary/aromatic N) is 4. The fraction of sp³-hybridized carbons (Fsp3) is 0.385. The summed E-state index contributed by atoms with van der Waals surface area (Å²) < 4.78 is 40.5. The van der Waals surface area contributed by atoms with E-state index in [1.165, 1.54) is 42.4 Å². The third kappa shape index (κ3) is 6.23. The van der Waals surface area contributed by atoms with Gasteiger partial charge in [-0.3, -0.25) is 0 Å². The van der Waals surface area contributed by atoms with Gasteiger partial charge in [0.2, 0.25) is 0 Å². The Morgan fingerprint density at radius 3 is 2.76 bits per heavy atom. The molecule has 1 amide bonds. The fourth-order valence-corrected chi connectivity index (χ4v) is 7.39. The van der Waals surface area contributed by atoms with Crippen LogP contribution in [0.4, 0.5) is 8.78 Å². The van der Waals surface area contributed by atoms with Crippen LogP contribution in [-0.4, -0.2) is 79.1 Å². The fourth-order valence-electron chi connectivity index (χ4n) is 4.44. The molecule has 1 fully saturated rings. The number of aliphatic imine (C=N–C) groups is 1. The number of aromatic nitrogens is 2. The molecular weight excluding hydrogens is 561 g/mol. The van der Waals surface area contributed by atoms with Crippen molar-refractivity contribution in [1.82, 2.24) is 14.9 Å². The molecule has 0 bridgehead atoms. The quantitative estimate of drug-likeness (QED) is 0.381. The van der Waals surface area contributed by atoms with Crippen LogP contribution in [0.25, 0.3) is 11.9 Å². The van der Waals surface area contributed by atoms with Crippen LogP contribution in [0, 0.1) is 18.2 Å². The van der Waals surface area contributed by atoms with E-state index in [0.717, 1.165) is 0 Å². The maximum absolute atomic E-state index is 15.2. The predicted molar refractivity (Wildman–Crippen MR) is 140 cm³/mol. The van der Waals surface area contributed by atoms with Gasteiger partial charge in [0.1, 0.15) is 0 Å². The topological polar surface area (TPSA) is 76.9 Å². The van der Waals surface area contributed by atoms with Gasteiger partial charge in [0.25, 0.3) is 0 Å². The van der Waals surface area contributed by atoms with Crippen LogP contribution in [0.3, 0.4) is 0 Å². The summed E-state index contributed by atoms with van der Waals surface area (Å²) in [4.78, 5) is 28.0. The third-order valence-electron chi connectivity index (χ3n) is 6.13. The van der Waals surface area contributed by atoms with E-state index >= 15 is 4.39 Å². The number of thioether (sulfide) groups is 1. The summed E-state index contributed by atoms with van der Waals surface area (Å²) >= 11 is 3.74. The molecule has 2 atom stereocenters. The van der Waals surface area contributed by atoms with Crippen molar-refractivity contribution in [2.24, 2.45) is 4.99 Å². The van der Waals surface area contributed by atoms with Crippen LogP contribution in [-0.2, 0) is 15.1 Å². The zero-order chi connectivity index (χ0) is 26.6. The first-order valence-electron chi connectivity index (χ1n) is 11.5. The molecule has 0 unspecified atom stereocenters. The first-order chi connectivity index (χ1) is 17.6. The van der Waals surface area contributed by atoms with Crippen molar-refractivity contribution in [3.8, 4) is 18.2 Å². The second-order valence-corrected chi connectivity index (χ2v) is 12.1. The molecule has 3 heterocycles. The van der Waals surface area contributed by atoms with Crippen molar-refractivity contribution < 1.29 is 23.0 Å². The van der Waals surface area contributed by atoms with E-state index in [2.05, 4.69) is 32.7 Å². The monoisotopic (exact) mass is 586 g/mol. The molecule has 0 saturated carbocycles. The number of ether oxygens (including phenoxy) is 2. The van der Waals surface area contributed by atoms with E-state index in [1.54, 1.807) is 17.9 Å². The average molecular weight is 586 g/mol. The van der Waals surface area contributed by atoms with Crippen molar-refractivity contribution in [3.63, 3.8) is 0 Å². The summed E-state index contributed by atoms with van der Waals surface area (Å²) in [5.41, 5.74) is -0.340. The molecule has 4 rings (SSSR count). The van der Waals surface area contributed by atoms with Crippen LogP contribution in [0.1, 0.15) is 37.1 Å². The molecule has 11 heteroatoms. The second kappa shape index (κ2) is 11.3. The number of carbonyl (C=O) groups is 1. The number of carbonyl (C=O) groups excluding carboxylic acids is 1. The van der Waals surface area contributed by atoms with Crippen LogP contribution in [0.15, 0.2) is 35.6 Å². The minimum absolute atomic E-state index is 0.00550. The molecule has 0 spiro atoms. The number of benzene rings is 1. The van der Waals surface area contributed by atoms with Gasteiger partial charge in [-0.1, -0.05) is 5.92 Å². The molecule has 2 aliphatic heterocycles. The Kier molecular flexibility index (Phi) is 8.37. The molecular formula is C26H25AsF2N4O3S. The Balaban J connectivity index is 1.62. The van der Waals surface area contributed by atoms with Crippen molar-refractivity contribution in [1.29, 1.82) is 0 Å². The van der Waals surface area contributed by atoms with E-state index in [9.17, 15) is 9.18 Å². The number of hydrogen-bond donors (Lipinski definition) is 0. The number of halogens is 2. The predicted octanol–water partition coefficient (Wildman–Crippen LogP) is 3.59. The molecule has 2 radical (unpaired) electrons. The summed E-state index contributed by atoms with van der Waals surface area (Å²) in [7, 11) is 0. The van der Waals surface area contributed by atoms with Crippen molar-refractivity contribution in [2.45, 2.75) is 30.6 Å². The van der Waals surface area contributed by atoms with E-state index in [1.807, 2.05) is 6.92 Å². The summed E-state index contributed by atoms with van der Waals surface area (Å²) in [6, 6.07) is 4.32. The van der Waals surface area contributed by atoms with Gasteiger partial charge in [-0.05, 0) is 0 Å². The number of terminal acetylenes is 1. The van der Waals surface area contributed by atoms with Gasteiger partial charge in [0.05, 0.1) is 0 Å². The van der Waals surface area contributed by atoms with Gasteiger partial charge in [-0.15, -0.1) is 6.42 Å². The molecule has 1 aromatic carbocycles. The van der Waals surface area contributed by atoms with Crippen molar-refractivity contribution in [3.05, 3.63) is 53.2 Å². The molecule has 37 heavy (non-hydrogen) atoms. The minimum atomic E-state index is -1.04. The Hall–Kier alpha value is -2.73. The van der Waals surface area contributed by atoms with E-state index < -0.39 is 21.9 Å². The zero-order valence-electron chi connectivity index (χ0n) is 20.4. The molecule has 0 aliphatic carbocycles. The summed E-state index contributed by atoms with van der Waals surface area (Å²) in [6.45, 7) is 5.72. The molecule has 1 saturated heterocycles. The Bertz CT molecular complexity index is 1280. The van der Waals surface area contributed by atoms with Crippen LogP contribution < -0.4 is 4.74 Å². The van der Waals surface area contributed by atoms with Gasteiger partial charge in [-0.2, -0.15) is 0 Å². The van der Waals surface area contributed by atoms with Crippen molar-refractivity contribution in [2.75, 3.05) is 32.9 Å². The summed E-state index contributed by atoms with van der Waals surface area (Å²) in [6.07, 6.45) is 9.18. The van der Waals surface area contributed by atoms with E-state index in [4.69, 9.17) is 20.9 Å². The second-order valence-electron chi connectivity index (χ2n) is 9.05. The number of rotatable bonds is 6.